The van der Waals surface area contributed by atoms with Crippen molar-refractivity contribution in [2.45, 2.75) is 6.54 Å². The van der Waals surface area contributed by atoms with Crippen molar-refractivity contribution < 1.29 is 13.9 Å². The average Bonchev–Trinajstić information content (AvgIpc) is 3.20. The van der Waals surface area contributed by atoms with Gasteiger partial charge in [0, 0.05) is 43.5 Å². The molecule has 0 saturated carbocycles. The minimum absolute atomic E-state index is 0.0750. The van der Waals surface area contributed by atoms with Gasteiger partial charge in [0.15, 0.2) is 5.76 Å². The summed E-state index contributed by atoms with van der Waals surface area (Å²) in [6.45, 7) is 3.99. The third-order valence-corrected chi connectivity index (χ3v) is 5.63. The number of ether oxygens (including phenoxy) is 1. The molecule has 30 heavy (non-hydrogen) atoms. The standard InChI is InChI=1S/C24H23N3O3/c1-29-20-7-8-21-18(14-20)13-19-15-22(30-23(19)25-21)24(28)27-11-9-26(10-12-27)16-17-5-3-2-4-6-17/h2-8,13-15H,9-12,16H2,1H3. The molecule has 0 radical (unpaired) electrons. The molecule has 1 fully saturated rings. The fourth-order valence-electron chi connectivity index (χ4n) is 3.95. The highest BCUT2D eigenvalue weighted by Crippen LogP contribution is 2.26. The smallest absolute Gasteiger partial charge is 0.289 e. The van der Waals surface area contributed by atoms with Gasteiger partial charge in [-0.1, -0.05) is 30.3 Å². The van der Waals surface area contributed by atoms with Gasteiger partial charge in [-0.2, -0.15) is 0 Å². The number of pyridine rings is 1. The van der Waals surface area contributed by atoms with Gasteiger partial charge < -0.3 is 14.1 Å². The summed E-state index contributed by atoms with van der Waals surface area (Å²) < 4.78 is 11.1. The molecule has 0 aliphatic carbocycles. The first-order valence-corrected chi connectivity index (χ1v) is 10.1. The number of rotatable bonds is 4. The van der Waals surface area contributed by atoms with Crippen LogP contribution in [0.15, 0.2) is 65.1 Å². The number of carbonyl (C=O) groups is 1. The van der Waals surface area contributed by atoms with E-state index in [9.17, 15) is 4.79 Å². The first kappa shape index (κ1) is 18.6. The Balaban J connectivity index is 1.30. The van der Waals surface area contributed by atoms with E-state index in [0.29, 0.717) is 24.6 Å². The summed E-state index contributed by atoms with van der Waals surface area (Å²) in [4.78, 5) is 21.8. The molecule has 4 aromatic rings. The first-order valence-electron chi connectivity index (χ1n) is 10.1. The Morgan fingerprint density at radius 3 is 2.57 bits per heavy atom. The van der Waals surface area contributed by atoms with Crippen molar-refractivity contribution in [3.63, 3.8) is 0 Å². The van der Waals surface area contributed by atoms with Gasteiger partial charge in [0.1, 0.15) is 5.75 Å². The lowest BCUT2D eigenvalue weighted by molar-refractivity contribution is 0.0600. The van der Waals surface area contributed by atoms with Crippen LogP contribution in [0.1, 0.15) is 16.1 Å². The first-order chi connectivity index (χ1) is 14.7. The molecular weight excluding hydrogens is 378 g/mol. The van der Waals surface area contributed by atoms with Crippen molar-refractivity contribution in [2.24, 2.45) is 0 Å². The fourth-order valence-corrected chi connectivity index (χ4v) is 3.95. The molecule has 1 saturated heterocycles. The van der Waals surface area contributed by atoms with Crippen LogP contribution in [0.25, 0.3) is 22.0 Å². The van der Waals surface area contributed by atoms with E-state index in [4.69, 9.17) is 9.15 Å². The van der Waals surface area contributed by atoms with Crippen LogP contribution in [0.4, 0.5) is 0 Å². The summed E-state index contributed by atoms with van der Waals surface area (Å²) in [5.41, 5.74) is 2.59. The molecule has 3 heterocycles. The maximum atomic E-state index is 13.0. The molecule has 0 N–H and O–H groups in total. The van der Waals surface area contributed by atoms with Crippen LogP contribution >= 0.6 is 0 Å². The summed E-state index contributed by atoms with van der Waals surface area (Å²) in [6, 6.07) is 19.9. The predicted molar refractivity (Wildman–Crippen MR) is 116 cm³/mol. The van der Waals surface area contributed by atoms with E-state index in [1.54, 1.807) is 13.2 Å². The van der Waals surface area contributed by atoms with E-state index in [0.717, 1.165) is 41.7 Å². The number of methoxy groups -OCH3 is 1. The molecule has 0 bridgehead atoms. The Morgan fingerprint density at radius 1 is 1.00 bits per heavy atom. The van der Waals surface area contributed by atoms with Gasteiger partial charge in [0.25, 0.3) is 5.91 Å². The summed E-state index contributed by atoms with van der Waals surface area (Å²) in [5, 5.41) is 1.78. The van der Waals surface area contributed by atoms with Crippen LogP contribution in [0, 0.1) is 0 Å². The Labute approximate surface area is 174 Å². The highest BCUT2D eigenvalue weighted by Gasteiger charge is 2.25. The second-order valence-corrected chi connectivity index (χ2v) is 7.61. The van der Waals surface area contributed by atoms with Gasteiger partial charge in [-0.15, -0.1) is 0 Å². The van der Waals surface area contributed by atoms with Gasteiger partial charge in [-0.05, 0) is 35.9 Å². The molecule has 152 valence electrons. The quantitative estimate of drug-likeness (QED) is 0.518. The molecule has 1 amide bonds. The van der Waals surface area contributed by atoms with E-state index < -0.39 is 0 Å². The van der Waals surface area contributed by atoms with Crippen molar-refractivity contribution in [3.8, 4) is 5.75 Å². The number of amides is 1. The van der Waals surface area contributed by atoms with E-state index in [2.05, 4.69) is 34.1 Å². The summed E-state index contributed by atoms with van der Waals surface area (Å²) in [5.74, 6) is 1.04. The minimum Gasteiger partial charge on any atom is -0.497 e. The maximum absolute atomic E-state index is 13.0. The zero-order valence-corrected chi connectivity index (χ0v) is 16.9. The molecule has 0 atom stereocenters. The molecular formula is C24H23N3O3. The molecule has 1 aliphatic heterocycles. The zero-order chi connectivity index (χ0) is 20.5. The Hall–Kier alpha value is -3.38. The molecule has 6 heteroatoms. The second kappa shape index (κ2) is 7.80. The topological polar surface area (TPSA) is 58.8 Å². The normalized spacial score (nSPS) is 15.0. The minimum atomic E-state index is -0.0750. The summed E-state index contributed by atoms with van der Waals surface area (Å²) >= 11 is 0. The van der Waals surface area contributed by atoms with Crippen LogP contribution in [-0.2, 0) is 6.54 Å². The molecule has 1 aliphatic rings. The van der Waals surface area contributed by atoms with Crippen LogP contribution in [-0.4, -0.2) is 54.0 Å². The zero-order valence-electron chi connectivity index (χ0n) is 16.9. The lowest BCUT2D eigenvalue weighted by Gasteiger charge is -2.34. The number of hydrogen-bond donors (Lipinski definition) is 0. The summed E-state index contributed by atoms with van der Waals surface area (Å²) in [7, 11) is 1.64. The van der Waals surface area contributed by atoms with Crippen LogP contribution in [0.3, 0.4) is 0 Å². The van der Waals surface area contributed by atoms with E-state index in [-0.39, 0.29) is 5.91 Å². The number of carbonyl (C=O) groups excluding carboxylic acids is 1. The van der Waals surface area contributed by atoms with Gasteiger partial charge in [-0.25, -0.2) is 4.98 Å². The van der Waals surface area contributed by atoms with Crippen LogP contribution < -0.4 is 4.74 Å². The number of fused-ring (bicyclic) bond motifs is 2. The lowest BCUT2D eigenvalue weighted by atomic mass is 10.1. The Bertz CT molecular complexity index is 1190. The average molecular weight is 401 g/mol. The van der Waals surface area contributed by atoms with Gasteiger partial charge >= 0.3 is 0 Å². The van der Waals surface area contributed by atoms with Gasteiger partial charge in [0.2, 0.25) is 5.71 Å². The van der Waals surface area contributed by atoms with Crippen molar-refractivity contribution in [1.82, 2.24) is 14.8 Å². The molecule has 0 unspecified atom stereocenters. The number of aromatic nitrogens is 1. The number of nitrogens with zero attached hydrogens (tertiary/aromatic N) is 3. The Kier molecular flexibility index (Phi) is 4.85. The fraction of sp³-hybridized carbons (Fsp3) is 0.250. The number of furan rings is 1. The van der Waals surface area contributed by atoms with E-state index in [1.165, 1.54) is 5.56 Å². The van der Waals surface area contributed by atoms with Crippen molar-refractivity contribution in [2.75, 3.05) is 33.3 Å². The summed E-state index contributed by atoms with van der Waals surface area (Å²) in [6.07, 6.45) is 0. The predicted octanol–water partition coefficient (Wildman–Crippen LogP) is 3.95. The monoisotopic (exact) mass is 401 g/mol. The van der Waals surface area contributed by atoms with Crippen LogP contribution in [0.2, 0.25) is 0 Å². The van der Waals surface area contributed by atoms with E-state index >= 15 is 0 Å². The molecule has 6 nitrogen and oxygen atoms in total. The largest absolute Gasteiger partial charge is 0.497 e. The molecule has 2 aromatic heterocycles. The molecule has 0 spiro atoms. The highest BCUT2D eigenvalue weighted by atomic mass is 16.5. The van der Waals surface area contributed by atoms with Gasteiger partial charge in [0.05, 0.1) is 12.6 Å². The van der Waals surface area contributed by atoms with Crippen molar-refractivity contribution in [1.29, 1.82) is 0 Å². The Morgan fingerprint density at radius 2 is 1.80 bits per heavy atom. The van der Waals surface area contributed by atoms with Crippen LogP contribution in [0.5, 0.6) is 5.75 Å². The third-order valence-electron chi connectivity index (χ3n) is 5.63. The number of hydrogen-bond acceptors (Lipinski definition) is 5. The van der Waals surface area contributed by atoms with Crippen molar-refractivity contribution in [3.05, 3.63) is 72.0 Å². The lowest BCUT2D eigenvalue weighted by Crippen LogP contribution is -2.48. The maximum Gasteiger partial charge on any atom is 0.289 e. The second-order valence-electron chi connectivity index (χ2n) is 7.61. The third kappa shape index (κ3) is 3.62. The molecule has 5 rings (SSSR count). The van der Waals surface area contributed by atoms with Gasteiger partial charge in [-0.3, -0.25) is 9.69 Å². The molecule has 2 aromatic carbocycles. The van der Waals surface area contributed by atoms with E-state index in [1.807, 2.05) is 35.2 Å². The number of piperazine rings is 1. The van der Waals surface area contributed by atoms with Crippen molar-refractivity contribution >= 4 is 27.9 Å². The number of benzene rings is 2. The highest BCUT2D eigenvalue weighted by molar-refractivity contribution is 5.98. The SMILES string of the molecule is COc1ccc2nc3oc(C(=O)N4CCN(Cc5ccccc5)CC4)cc3cc2c1.